The van der Waals surface area contributed by atoms with E-state index < -0.39 is 17.5 Å². The van der Waals surface area contributed by atoms with Crippen molar-refractivity contribution in [2.24, 2.45) is 0 Å². The predicted octanol–water partition coefficient (Wildman–Crippen LogP) is 3.32. The number of pyridine rings is 1. The summed E-state index contributed by atoms with van der Waals surface area (Å²) in [5.41, 5.74) is 0.527. The fourth-order valence-corrected chi connectivity index (χ4v) is 2.29. The van der Waals surface area contributed by atoms with Crippen molar-refractivity contribution in [3.8, 4) is 5.75 Å². The quantitative estimate of drug-likeness (QED) is 0.731. The Morgan fingerprint density at radius 1 is 1.12 bits per heavy atom. The minimum absolute atomic E-state index is 0.179. The summed E-state index contributed by atoms with van der Waals surface area (Å²) in [6.07, 6.45) is 1.67. The van der Waals surface area contributed by atoms with Crippen LogP contribution in [0.4, 0.5) is 8.78 Å². The lowest BCUT2D eigenvalue weighted by atomic mass is 10.2. The lowest BCUT2D eigenvalue weighted by Gasteiger charge is -2.10. The van der Waals surface area contributed by atoms with E-state index in [0.717, 1.165) is 23.0 Å². The highest BCUT2D eigenvalue weighted by atomic mass is 19.1. The van der Waals surface area contributed by atoms with E-state index in [0.29, 0.717) is 11.8 Å². The van der Waals surface area contributed by atoms with Crippen molar-refractivity contribution in [2.75, 3.05) is 13.2 Å². The number of fused-ring (bicyclic) bond motifs is 1. The number of nitrogens with zero attached hydrogens (tertiary/aromatic N) is 1. The van der Waals surface area contributed by atoms with Gasteiger partial charge in [0.1, 0.15) is 29.5 Å². The van der Waals surface area contributed by atoms with E-state index in [2.05, 4.69) is 10.3 Å². The summed E-state index contributed by atoms with van der Waals surface area (Å²) >= 11 is 0. The largest absolute Gasteiger partial charge is 0.489 e. The summed E-state index contributed by atoms with van der Waals surface area (Å²) in [7, 11) is 0. The van der Waals surface area contributed by atoms with Gasteiger partial charge in [-0.3, -0.25) is 9.78 Å². The highest BCUT2D eigenvalue weighted by Gasteiger charge is 2.12. The molecule has 0 radical (unpaired) electrons. The van der Waals surface area contributed by atoms with Gasteiger partial charge < -0.3 is 10.1 Å². The number of hydrogen-bond donors (Lipinski definition) is 1. The zero-order valence-electron chi connectivity index (χ0n) is 12.6. The van der Waals surface area contributed by atoms with Crippen LogP contribution in [-0.4, -0.2) is 24.0 Å². The Balaban J connectivity index is 1.58. The zero-order chi connectivity index (χ0) is 16.9. The van der Waals surface area contributed by atoms with Gasteiger partial charge in [0, 0.05) is 17.6 Å². The third kappa shape index (κ3) is 3.48. The Bertz CT molecular complexity index is 879. The number of amides is 1. The molecule has 24 heavy (non-hydrogen) atoms. The first-order valence-electron chi connectivity index (χ1n) is 7.35. The summed E-state index contributed by atoms with van der Waals surface area (Å²) < 4.78 is 32.0. The fourth-order valence-electron chi connectivity index (χ4n) is 2.29. The first-order valence-corrected chi connectivity index (χ1v) is 7.35. The van der Waals surface area contributed by atoms with E-state index in [1.165, 1.54) is 0 Å². The highest BCUT2D eigenvalue weighted by molar-refractivity contribution is 5.94. The Labute approximate surface area is 137 Å². The molecule has 0 atom stereocenters. The van der Waals surface area contributed by atoms with Crippen molar-refractivity contribution >= 4 is 16.8 Å². The topological polar surface area (TPSA) is 51.2 Å². The average Bonchev–Trinajstić information content (AvgIpc) is 2.58. The standard InChI is InChI=1S/C18H14F2N2O2/c19-13-6-7-14(15(20)11-13)18(23)22-9-10-24-16-5-1-3-12-4-2-8-21-17(12)16/h1-8,11H,9-10H2,(H,22,23). The van der Waals surface area contributed by atoms with E-state index in [-0.39, 0.29) is 18.7 Å². The fraction of sp³-hybridized carbons (Fsp3) is 0.111. The van der Waals surface area contributed by atoms with Crippen LogP contribution in [-0.2, 0) is 0 Å². The first kappa shape index (κ1) is 15.9. The van der Waals surface area contributed by atoms with Gasteiger partial charge in [0.05, 0.1) is 12.1 Å². The van der Waals surface area contributed by atoms with Crippen molar-refractivity contribution in [1.29, 1.82) is 0 Å². The molecule has 4 nitrogen and oxygen atoms in total. The maximum absolute atomic E-state index is 13.5. The number of para-hydroxylation sites is 1. The molecule has 6 heteroatoms. The normalized spacial score (nSPS) is 10.6. The number of rotatable bonds is 5. The number of benzene rings is 2. The van der Waals surface area contributed by atoms with Crippen LogP contribution in [0.5, 0.6) is 5.75 Å². The molecule has 1 aromatic heterocycles. The number of nitrogens with one attached hydrogen (secondary N) is 1. The maximum atomic E-state index is 13.5. The molecular weight excluding hydrogens is 314 g/mol. The number of carbonyl (C=O) groups is 1. The van der Waals surface area contributed by atoms with Crippen LogP contribution in [0.1, 0.15) is 10.4 Å². The molecule has 0 aliphatic carbocycles. The van der Waals surface area contributed by atoms with Crippen molar-refractivity contribution < 1.29 is 18.3 Å². The predicted molar refractivity (Wildman–Crippen MR) is 85.9 cm³/mol. The Morgan fingerprint density at radius 3 is 2.79 bits per heavy atom. The van der Waals surface area contributed by atoms with Gasteiger partial charge in [0.15, 0.2) is 0 Å². The van der Waals surface area contributed by atoms with E-state index in [1.807, 2.05) is 24.3 Å². The zero-order valence-corrected chi connectivity index (χ0v) is 12.6. The Morgan fingerprint density at radius 2 is 1.96 bits per heavy atom. The third-order valence-corrected chi connectivity index (χ3v) is 3.42. The molecule has 0 unspecified atom stereocenters. The number of halogens is 2. The van der Waals surface area contributed by atoms with Gasteiger partial charge >= 0.3 is 0 Å². The molecule has 0 saturated heterocycles. The summed E-state index contributed by atoms with van der Waals surface area (Å²) in [6.45, 7) is 0.378. The van der Waals surface area contributed by atoms with Gasteiger partial charge in [-0.05, 0) is 24.3 Å². The molecule has 2 aromatic carbocycles. The van der Waals surface area contributed by atoms with Crippen LogP contribution in [0.2, 0.25) is 0 Å². The van der Waals surface area contributed by atoms with Crippen LogP contribution < -0.4 is 10.1 Å². The maximum Gasteiger partial charge on any atom is 0.254 e. The molecule has 0 spiro atoms. The molecule has 3 rings (SSSR count). The highest BCUT2D eigenvalue weighted by Crippen LogP contribution is 2.22. The summed E-state index contributed by atoms with van der Waals surface area (Å²) in [4.78, 5) is 16.1. The minimum Gasteiger partial charge on any atom is -0.489 e. The lowest BCUT2D eigenvalue weighted by Crippen LogP contribution is -2.28. The minimum atomic E-state index is -0.897. The van der Waals surface area contributed by atoms with Crippen molar-refractivity contribution in [3.05, 3.63) is 71.9 Å². The summed E-state index contributed by atoms with van der Waals surface area (Å²) in [5, 5.41) is 3.48. The molecule has 0 saturated carbocycles. The molecule has 0 bridgehead atoms. The Hall–Kier alpha value is -3.02. The second-order valence-electron chi connectivity index (χ2n) is 5.06. The monoisotopic (exact) mass is 328 g/mol. The number of carbonyl (C=O) groups excluding carboxylic acids is 1. The van der Waals surface area contributed by atoms with Crippen LogP contribution in [0.15, 0.2) is 54.7 Å². The van der Waals surface area contributed by atoms with Gasteiger partial charge in [-0.15, -0.1) is 0 Å². The van der Waals surface area contributed by atoms with Gasteiger partial charge in [0.25, 0.3) is 5.91 Å². The molecule has 1 amide bonds. The summed E-state index contributed by atoms with van der Waals surface area (Å²) in [6, 6.07) is 12.1. The van der Waals surface area contributed by atoms with Gasteiger partial charge in [-0.2, -0.15) is 0 Å². The van der Waals surface area contributed by atoms with Crippen LogP contribution in [0.25, 0.3) is 10.9 Å². The number of aromatic nitrogens is 1. The molecular formula is C18H14F2N2O2. The Kier molecular flexibility index (Phi) is 4.65. The van der Waals surface area contributed by atoms with E-state index in [9.17, 15) is 13.6 Å². The van der Waals surface area contributed by atoms with Crippen LogP contribution >= 0.6 is 0 Å². The second-order valence-corrected chi connectivity index (χ2v) is 5.06. The second kappa shape index (κ2) is 7.04. The van der Waals surface area contributed by atoms with Gasteiger partial charge in [0.2, 0.25) is 0 Å². The molecule has 122 valence electrons. The third-order valence-electron chi connectivity index (χ3n) is 3.42. The SMILES string of the molecule is O=C(NCCOc1cccc2cccnc12)c1ccc(F)cc1F. The molecule has 0 aliphatic heterocycles. The van der Waals surface area contributed by atoms with E-state index in [4.69, 9.17) is 4.74 Å². The summed E-state index contributed by atoms with van der Waals surface area (Å²) in [5.74, 6) is -1.63. The molecule has 0 fully saturated rings. The van der Waals surface area contributed by atoms with Crippen LogP contribution in [0.3, 0.4) is 0 Å². The van der Waals surface area contributed by atoms with E-state index >= 15 is 0 Å². The van der Waals surface area contributed by atoms with Gasteiger partial charge in [-0.25, -0.2) is 8.78 Å². The lowest BCUT2D eigenvalue weighted by molar-refractivity contribution is 0.0943. The molecule has 1 N–H and O–H groups in total. The van der Waals surface area contributed by atoms with Gasteiger partial charge in [-0.1, -0.05) is 18.2 Å². The molecule has 0 aliphatic rings. The van der Waals surface area contributed by atoms with E-state index in [1.54, 1.807) is 12.3 Å². The number of ether oxygens (including phenoxy) is 1. The van der Waals surface area contributed by atoms with Crippen molar-refractivity contribution in [2.45, 2.75) is 0 Å². The molecule has 1 heterocycles. The van der Waals surface area contributed by atoms with Crippen molar-refractivity contribution in [1.82, 2.24) is 10.3 Å². The smallest absolute Gasteiger partial charge is 0.254 e. The first-order chi connectivity index (χ1) is 11.6. The number of hydrogen-bond acceptors (Lipinski definition) is 3. The average molecular weight is 328 g/mol. The van der Waals surface area contributed by atoms with Crippen LogP contribution in [0, 0.1) is 11.6 Å². The van der Waals surface area contributed by atoms with Crippen molar-refractivity contribution in [3.63, 3.8) is 0 Å². The molecule has 3 aromatic rings.